The van der Waals surface area contributed by atoms with Crippen LogP contribution >= 0.6 is 0 Å². The van der Waals surface area contributed by atoms with Gasteiger partial charge in [-0.05, 0) is 54.8 Å². The highest BCUT2D eigenvalue weighted by atomic mass is 19.1. The summed E-state index contributed by atoms with van der Waals surface area (Å²) in [4.78, 5) is 37.3. The maximum Gasteiger partial charge on any atom is 0.338 e. The molecule has 0 aliphatic carbocycles. The van der Waals surface area contributed by atoms with E-state index in [-0.39, 0.29) is 18.3 Å². The quantitative estimate of drug-likeness (QED) is 0.744. The number of carbonyl (C=O) groups excluding carboxylic acids is 3. The van der Waals surface area contributed by atoms with Crippen LogP contribution in [0, 0.1) is 5.82 Å². The van der Waals surface area contributed by atoms with Gasteiger partial charge in [-0.3, -0.25) is 9.59 Å². The monoisotopic (exact) mass is 384 g/mol. The molecule has 2 aromatic carbocycles. The molecule has 3 rings (SSSR count). The average Bonchev–Trinajstić information content (AvgIpc) is 3.13. The summed E-state index contributed by atoms with van der Waals surface area (Å²) in [6, 6.07) is 12.6. The topological polar surface area (TPSA) is 75.7 Å². The number of esters is 1. The summed E-state index contributed by atoms with van der Waals surface area (Å²) >= 11 is 0. The van der Waals surface area contributed by atoms with Crippen molar-refractivity contribution in [1.29, 1.82) is 0 Å². The zero-order valence-electron chi connectivity index (χ0n) is 15.3. The first-order valence-corrected chi connectivity index (χ1v) is 9.11. The van der Waals surface area contributed by atoms with Crippen molar-refractivity contribution in [2.24, 2.45) is 0 Å². The number of benzene rings is 2. The molecule has 0 saturated carbocycles. The van der Waals surface area contributed by atoms with Crippen molar-refractivity contribution >= 4 is 23.5 Å². The fraction of sp³-hybridized carbons (Fsp3) is 0.286. The van der Waals surface area contributed by atoms with Crippen molar-refractivity contribution in [3.05, 3.63) is 65.5 Å². The lowest BCUT2D eigenvalue weighted by Gasteiger charge is -2.15. The second-order valence-corrected chi connectivity index (χ2v) is 6.50. The van der Waals surface area contributed by atoms with Gasteiger partial charge in [0.15, 0.2) is 6.61 Å². The summed E-state index contributed by atoms with van der Waals surface area (Å²) in [5.74, 6) is -1.24. The predicted molar refractivity (Wildman–Crippen MR) is 101 cm³/mol. The first kappa shape index (κ1) is 19.5. The van der Waals surface area contributed by atoms with Crippen LogP contribution in [0.5, 0.6) is 0 Å². The zero-order valence-corrected chi connectivity index (χ0v) is 15.3. The smallest absolute Gasteiger partial charge is 0.338 e. The van der Waals surface area contributed by atoms with Crippen LogP contribution in [0.4, 0.5) is 10.1 Å². The van der Waals surface area contributed by atoms with E-state index in [1.807, 2.05) is 0 Å². The number of anilines is 1. The minimum Gasteiger partial charge on any atom is -0.452 e. The van der Waals surface area contributed by atoms with E-state index >= 15 is 0 Å². The zero-order chi connectivity index (χ0) is 19.9. The van der Waals surface area contributed by atoms with E-state index in [0.717, 1.165) is 17.7 Å². The van der Waals surface area contributed by atoms with Gasteiger partial charge in [-0.2, -0.15) is 0 Å². The maximum atomic E-state index is 12.8. The standard InChI is InChI=1S/C21H21FN2O4/c22-17-7-3-15(4-8-17)11-12-23-19(25)14-28-21(27)16-5-9-18(10-6-16)24-13-1-2-20(24)26/h3-10H,1-2,11-14H2,(H,23,25). The second-order valence-electron chi connectivity index (χ2n) is 6.50. The van der Waals surface area contributed by atoms with Gasteiger partial charge in [-0.15, -0.1) is 0 Å². The van der Waals surface area contributed by atoms with Crippen LogP contribution in [0.15, 0.2) is 48.5 Å². The molecular weight excluding hydrogens is 363 g/mol. The van der Waals surface area contributed by atoms with Gasteiger partial charge in [-0.25, -0.2) is 9.18 Å². The van der Waals surface area contributed by atoms with Crippen LogP contribution in [-0.2, 0) is 20.7 Å². The fourth-order valence-electron chi connectivity index (χ4n) is 2.96. The largest absolute Gasteiger partial charge is 0.452 e. The van der Waals surface area contributed by atoms with Gasteiger partial charge in [0.25, 0.3) is 5.91 Å². The molecule has 2 aromatic rings. The first-order chi connectivity index (χ1) is 13.5. The Balaban J connectivity index is 1.41. The number of nitrogens with zero attached hydrogens (tertiary/aromatic N) is 1. The molecule has 0 radical (unpaired) electrons. The summed E-state index contributed by atoms with van der Waals surface area (Å²) in [5, 5.41) is 2.65. The molecule has 1 saturated heterocycles. The van der Waals surface area contributed by atoms with Gasteiger partial charge in [-0.1, -0.05) is 12.1 Å². The normalized spacial score (nSPS) is 13.5. The van der Waals surface area contributed by atoms with E-state index in [2.05, 4.69) is 5.32 Å². The Labute approximate surface area is 162 Å². The lowest BCUT2D eigenvalue weighted by molar-refractivity contribution is -0.124. The molecule has 0 bridgehead atoms. The molecular formula is C21H21FN2O4. The molecule has 0 spiro atoms. The number of nitrogens with one attached hydrogen (secondary N) is 1. The fourth-order valence-corrected chi connectivity index (χ4v) is 2.96. The highest BCUT2D eigenvalue weighted by molar-refractivity contribution is 5.96. The van der Waals surface area contributed by atoms with Crippen molar-refractivity contribution in [2.75, 3.05) is 24.6 Å². The number of halogens is 1. The molecule has 1 aliphatic heterocycles. The van der Waals surface area contributed by atoms with Gasteiger partial charge < -0.3 is 15.0 Å². The summed E-state index contributed by atoms with van der Waals surface area (Å²) in [7, 11) is 0. The van der Waals surface area contributed by atoms with Crippen molar-refractivity contribution < 1.29 is 23.5 Å². The van der Waals surface area contributed by atoms with Crippen molar-refractivity contribution in [3.8, 4) is 0 Å². The Morgan fingerprint density at radius 1 is 1.07 bits per heavy atom. The SMILES string of the molecule is O=C(COC(=O)c1ccc(N2CCCC2=O)cc1)NCCc1ccc(F)cc1. The first-order valence-electron chi connectivity index (χ1n) is 9.11. The molecule has 7 heteroatoms. The van der Waals surface area contributed by atoms with E-state index in [1.165, 1.54) is 12.1 Å². The molecule has 2 amide bonds. The Kier molecular flexibility index (Phi) is 6.37. The van der Waals surface area contributed by atoms with Gasteiger partial charge in [0.2, 0.25) is 5.91 Å². The average molecular weight is 384 g/mol. The van der Waals surface area contributed by atoms with E-state index in [0.29, 0.717) is 31.5 Å². The molecule has 1 fully saturated rings. The highest BCUT2D eigenvalue weighted by Crippen LogP contribution is 2.21. The Bertz CT molecular complexity index is 850. The van der Waals surface area contributed by atoms with Crippen molar-refractivity contribution in [2.45, 2.75) is 19.3 Å². The van der Waals surface area contributed by atoms with Gasteiger partial charge in [0.1, 0.15) is 5.82 Å². The molecule has 1 aliphatic rings. The third-order valence-corrected chi connectivity index (χ3v) is 4.47. The lowest BCUT2D eigenvalue weighted by atomic mass is 10.1. The minimum atomic E-state index is -0.604. The molecule has 0 atom stereocenters. The third-order valence-electron chi connectivity index (χ3n) is 4.47. The number of ether oxygens (including phenoxy) is 1. The van der Waals surface area contributed by atoms with Crippen molar-refractivity contribution in [3.63, 3.8) is 0 Å². The number of hydrogen-bond donors (Lipinski definition) is 1. The molecule has 6 nitrogen and oxygen atoms in total. The Hall–Kier alpha value is -3.22. The summed E-state index contributed by atoms with van der Waals surface area (Å²) in [6.45, 7) is 0.663. The van der Waals surface area contributed by atoms with Crippen LogP contribution in [0.2, 0.25) is 0 Å². The van der Waals surface area contributed by atoms with Crippen LogP contribution in [0.3, 0.4) is 0 Å². The summed E-state index contributed by atoms with van der Waals surface area (Å²) < 4.78 is 17.8. The van der Waals surface area contributed by atoms with E-state index in [4.69, 9.17) is 4.74 Å². The lowest BCUT2D eigenvalue weighted by Crippen LogP contribution is -2.30. The Morgan fingerprint density at radius 2 is 1.79 bits per heavy atom. The summed E-state index contributed by atoms with van der Waals surface area (Å²) in [6.07, 6.45) is 1.93. The van der Waals surface area contributed by atoms with Crippen molar-refractivity contribution in [1.82, 2.24) is 5.32 Å². The Morgan fingerprint density at radius 3 is 2.43 bits per heavy atom. The van der Waals surface area contributed by atoms with E-state index in [1.54, 1.807) is 41.3 Å². The van der Waals surface area contributed by atoms with Gasteiger partial charge in [0, 0.05) is 25.2 Å². The van der Waals surface area contributed by atoms with Gasteiger partial charge in [0.05, 0.1) is 5.56 Å². The molecule has 28 heavy (non-hydrogen) atoms. The van der Waals surface area contributed by atoms with Crippen LogP contribution in [0.1, 0.15) is 28.8 Å². The molecule has 0 unspecified atom stereocenters. The molecule has 146 valence electrons. The number of hydrogen-bond acceptors (Lipinski definition) is 4. The number of amides is 2. The van der Waals surface area contributed by atoms with Crippen LogP contribution in [0.25, 0.3) is 0 Å². The predicted octanol–water partition coefficient (Wildman–Crippen LogP) is 2.47. The van der Waals surface area contributed by atoms with E-state index in [9.17, 15) is 18.8 Å². The maximum absolute atomic E-state index is 12.8. The number of rotatable bonds is 7. The minimum absolute atomic E-state index is 0.0765. The molecule has 1 N–H and O–H groups in total. The second kappa shape index (κ2) is 9.12. The highest BCUT2D eigenvalue weighted by Gasteiger charge is 2.21. The van der Waals surface area contributed by atoms with Gasteiger partial charge >= 0.3 is 5.97 Å². The van der Waals surface area contributed by atoms with Crippen LogP contribution < -0.4 is 10.2 Å². The summed E-state index contributed by atoms with van der Waals surface area (Å²) in [5.41, 5.74) is 1.96. The number of carbonyl (C=O) groups is 3. The molecule has 0 aromatic heterocycles. The molecule has 1 heterocycles. The van der Waals surface area contributed by atoms with Crippen LogP contribution in [-0.4, -0.2) is 37.5 Å². The third kappa shape index (κ3) is 5.16. The van der Waals surface area contributed by atoms with E-state index < -0.39 is 11.9 Å².